The van der Waals surface area contributed by atoms with E-state index >= 15 is 0 Å². The number of rotatable bonds is 5. The van der Waals surface area contributed by atoms with Crippen LogP contribution in [0.3, 0.4) is 0 Å². The molecule has 2 aromatic heterocycles. The maximum atomic E-state index is 12.6. The number of piperidine rings is 1. The SMILES string of the molecule is Cc1nc(C2(c3ccccc3)CCN(C(=O)CCn3cnnc3)CC2)cs1. The first-order valence-corrected chi connectivity index (χ1v) is 10.1. The smallest absolute Gasteiger partial charge is 0.224 e. The second-order valence-electron chi connectivity index (χ2n) is 7.03. The van der Waals surface area contributed by atoms with Crippen LogP contribution in [0.15, 0.2) is 48.4 Å². The Hall–Kier alpha value is -2.54. The van der Waals surface area contributed by atoms with E-state index in [0.29, 0.717) is 13.0 Å². The highest BCUT2D eigenvalue weighted by Crippen LogP contribution is 2.42. The van der Waals surface area contributed by atoms with Gasteiger partial charge in [-0.1, -0.05) is 30.3 Å². The molecule has 27 heavy (non-hydrogen) atoms. The van der Waals surface area contributed by atoms with Crippen molar-refractivity contribution >= 4 is 17.2 Å². The van der Waals surface area contributed by atoms with E-state index in [9.17, 15) is 4.79 Å². The van der Waals surface area contributed by atoms with E-state index in [-0.39, 0.29) is 11.3 Å². The van der Waals surface area contributed by atoms with Gasteiger partial charge in [0, 0.05) is 36.9 Å². The molecular formula is C20H23N5OS. The quantitative estimate of drug-likeness (QED) is 0.681. The largest absolute Gasteiger partial charge is 0.343 e. The van der Waals surface area contributed by atoms with E-state index in [4.69, 9.17) is 4.98 Å². The number of likely N-dealkylation sites (tertiary alicyclic amines) is 1. The number of hydrogen-bond acceptors (Lipinski definition) is 5. The van der Waals surface area contributed by atoms with Crippen LogP contribution in [0.2, 0.25) is 0 Å². The van der Waals surface area contributed by atoms with Gasteiger partial charge in [0.15, 0.2) is 0 Å². The minimum atomic E-state index is -0.100. The van der Waals surface area contributed by atoms with Crippen LogP contribution >= 0.6 is 11.3 Å². The summed E-state index contributed by atoms with van der Waals surface area (Å²) in [6.07, 6.45) is 5.58. The Kier molecular flexibility index (Phi) is 5.03. The van der Waals surface area contributed by atoms with E-state index in [1.165, 1.54) is 5.56 Å². The van der Waals surface area contributed by atoms with Gasteiger partial charge in [0.1, 0.15) is 12.7 Å². The third-order valence-corrected chi connectivity index (χ3v) is 6.23. The topological polar surface area (TPSA) is 63.9 Å². The van der Waals surface area contributed by atoms with Crippen LogP contribution in [-0.4, -0.2) is 43.6 Å². The number of thiazole rings is 1. The van der Waals surface area contributed by atoms with Crippen molar-refractivity contribution in [3.63, 3.8) is 0 Å². The predicted molar refractivity (Wildman–Crippen MR) is 105 cm³/mol. The van der Waals surface area contributed by atoms with Crippen LogP contribution in [0.4, 0.5) is 0 Å². The van der Waals surface area contributed by atoms with E-state index in [0.717, 1.165) is 36.6 Å². The molecule has 0 atom stereocenters. The van der Waals surface area contributed by atoms with E-state index in [2.05, 4.69) is 46.8 Å². The first kappa shape index (κ1) is 17.9. The Morgan fingerprint density at radius 2 is 1.85 bits per heavy atom. The van der Waals surface area contributed by atoms with Crippen molar-refractivity contribution in [3.8, 4) is 0 Å². The van der Waals surface area contributed by atoms with Crippen molar-refractivity contribution in [2.45, 2.75) is 38.1 Å². The lowest BCUT2D eigenvalue weighted by Gasteiger charge is -2.41. The van der Waals surface area contributed by atoms with Crippen LogP contribution in [0.25, 0.3) is 0 Å². The zero-order valence-electron chi connectivity index (χ0n) is 15.4. The normalized spacial score (nSPS) is 16.4. The van der Waals surface area contributed by atoms with E-state index in [1.54, 1.807) is 24.0 Å². The summed E-state index contributed by atoms with van der Waals surface area (Å²) >= 11 is 1.70. The van der Waals surface area contributed by atoms with Crippen molar-refractivity contribution in [1.29, 1.82) is 0 Å². The van der Waals surface area contributed by atoms with Gasteiger partial charge in [-0.25, -0.2) is 4.98 Å². The average Bonchev–Trinajstić information content (AvgIpc) is 3.39. The number of carbonyl (C=O) groups is 1. The Balaban J connectivity index is 1.49. The predicted octanol–water partition coefficient (Wildman–Crippen LogP) is 3.04. The molecule has 7 heteroatoms. The van der Waals surface area contributed by atoms with Gasteiger partial charge in [0.25, 0.3) is 0 Å². The number of nitrogens with zero attached hydrogens (tertiary/aromatic N) is 5. The average molecular weight is 382 g/mol. The Bertz CT molecular complexity index is 882. The summed E-state index contributed by atoms with van der Waals surface area (Å²) in [6, 6.07) is 10.6. The summed E-state index contributed by atoms with van der Waals surface area (Å²) in [5.41, 5.74) is 2.34. The highest BCUT2D eigenvalue weighted by Gasteiger charge is 2.40. The lowest BCUT2D eigenvalue weighted by Crippen LogP contribution is -2.46. The standard InChI is InChI=1S/C20H23N5OS/c1-16-23-18(13-27-16)20(17-5-3-2-4-6-17)8-11-25(12-9-20)19(26)7-10-24-14-21-22-15-24/h2-6,13-15H,7-12H2,1H3. The summed E-state index contributed by atoms with van der Waals surface area (Å²) in [7, 11) is 0. The molecule has 6 nitrogen and oxygen atoms in total. The monoisotopic (exact) mass is 381 g/mol. The molecule has 1 fully saturated rings. The van der Waals surface area contributed by atoms with Crippen molar-refractivity contribution < 1.29 is 4.79 Å². The Morgan fingerprint density at radius 3 is 2.48 bits per heavy atom. The summed E-state index contributed by atoms with van der Waals surface area (Å²) in [5.74, 6) is 0.194. The molecule has 0 N–H and O–H groups in total. The van der Waals surface area contributed by atoms with E-state index < -0.39 is 0 Å². The van der Waals surface area contributed by atoms with E-state index in [1.807, 2.05) is 15.5 Å². The van der Waals surface area contributed by atoms with Crippen molar-refractivity contribution in [2.75, 3.05) is 13.1 Å². The lowest BCUT2D eigenvalue weighted by atomic mass is 9.70. The van der Waals surface area contributed by atoms with Crippen LogP contribution in [-0.2, 0) is 16.8 Å². The van der Waals surface area contributed by atoms with Crippen molar-refractivity contribution in [1.82, 2.24) is 24.6 Å². The van der Waals surface area contributed by atoms with Gasteiger partial charge in [-0.05, 0) is 25.3 Å². The molecular weight excluding hydrogens is 358 g/mol. The minimum Gasteiger partial charge on any atom is -0.343 e. The third-order valence-electron chi connectivity index (χ3n) is 5.46. The summed E-state index contributed by atoms with van der Waals surface area (Å²) < 4.78 is 1.84. The molecule has 1 aromatic carbocycles. The van der Waals surface area contributed by atoms with Gasteiger partial charge >= 0.3 is 0 Å². The molecule has 1 amide bonds. The van der Waals surface area contributed by atoms with Gasteiger partial charge in [0.2, 0.25) is 5.91 Å². The number of carbonyl (C=O) groups excluding carboxylic acids is 1. The molecule has 0 spiro atoms. The molecule has 1 aliphatic rings. The molecule has 3 heterocycles. The molecule has 0 aliphatic carbocycles. The van der Waals surface area contributed by atoms with Gasteiger partial charge in [-0.15, -0.1) is 21.5 Å². The fraction of sp³-hybridized carbons (Fsp3) is 0.400. The second-order valence-corrected chi connectivity index (χ2v) is 8.09. The Morgan fingerprint density at radius 1 is 1.15 bits per heavy atom. The van der Waals surface area contributed by atoms with Crippen LogP contribution < -0.4 is 0 Å². The molecule has 140 valence electrons. The first-order chi connectivity index (χ1) is 13.2. The number of amides is 1. The number of benzene rings is 1. The summed E-state index contributed by atoms with van der Waals surface area (Å²) in [6.45, 7) is 4.19. The van der Waals surface area contributed by atoms with Gasteiger partial charge in [0.05, 0.1) is 10.7 Å². The molecule has 0 radical (unpaired) electrons. The fourth-order valence-corrected chi connectivity index (χ4v) is 4.60. The van der Waals surface area contributed by atoms with Gasteiger partial charge in [-0.3, -0.25) is 4.79 Å². The summed E-state index contributed by atoms with van der Waals surface area (Å²) in [4.78, 5) is 19.5. The molecule has 1 saturated heterocycles. The number of hydrogen-bond donors (Lipinski definition) is 0. The molecule has 0 bridgehead atoms. The molecule has 0 unspecified atom stereocenters. The van der Waals surface area contributed by atoms with Gasteiger partial charge < -0.3 is 9.47 Å². The highest BCUT2D eigenvalue weighted by molar-refractivity contribution is 7.09. The maximum Gasteiger partial charge on any atom is 0.224 e. The third kappa shape index (κ3) is 3.64. The first-order valence-electron chi connectivity index (χ1n) is 9.26. The van der Waals surface area contributed by atoms with Crippen molar-refractivity contribution in [3.05, 3.63) is 64.6 Å². The fourth-order valence-electron chi connectivity index (χ4n) is 3.89. The van der Waals surface area contributed by atoms with Crippen molar-refractivity contribution in [2.24, 2.45) is 0 Å². The second kappa shape index (κ2) is 7.60. The number of aromatic nitrogens is 4. The maximum absolute atomic E-state index is 12.6. The highest BCUT2D eigenvalue weighted by atomic mass is 32.1. The molecule has 1 aliphatic heterocycles. The zero-order valence-corrected chi connectivity index (χ0v) is 16.2. The van der Waals surface area contributed by atoms with Gasteiger partial charge in [-0.2, -0.15) is 0 Å². The number of aryl methyl sites for hydroxylation is 2. The summed E-state index contributed by atoms with van der Waals surface area (Å²) in [5, 5.41) is 10.8. The zero-order chi connectivity index (χ0) is 18.7. The van der Waals surface area contributed by atoms with Crippen LogP contribution in [0.5, 0.6) is 0 Å². The molecule has 0 saturated carbocycles. The lowest BCUT2D eigenvalue weighted by molar-refractivity contribution is -0.132. The minimum absolute atomic E-state index is 0.100. The molecule has 4 rings (SSSR count). The van der Waals surface area contributed by atoms with Crippen LogP contribution in [0.1, 0.15) is 35.5 Å². The van der Waals surface area contributed by atoms with Crippen LogP contribution in [0, 0.1) is 6.92 Å². The molecule has 3 aromatic rings. The Labute approximate surface area is 162 Å².